The van der Waals surface area contributed by atoms with Crippen LogP contribution in [-0.2, 0) is 28.6 Å². The van der Waals surface area contributed by atoms with E-state index in [4.69, 9.17) is 19.9 Å². The van der Waals surface area contributed by atoms with E-state index in [1.54, 1.807) is 0 Å². The van der Waals surface area contributed by atoms with E-state index in [0.717, 1.165) is 37.7 Å². The molecule has 0 saturated heterocycles. The van der Waals surface area contributed by atoms with Gasteiger partial charge in [0.25, 0.3) is 0 Å². The standard InChI is InChI=1S/C31H43NO6.C2H6/c1-17-15-36-28(22(17)14-32)27(38-19(3)34)13-25-26(37-18(2)33)12-24-23-6-5-20-11-21(35)7-8-30(20)16-31(23,30)10-9-29(24,25)4;1-2/h7-8,17,20,23-27H,5-6,9-16,32H2,1-4H3;1-2H3. The Morgan fingerprint density at radius 1 is 1.15 bits per heavy atom. The zero-order valence-corrected chi connectivity index (χ0v) is 25.3. The Bertz CT molecular complexity index is 1110. The second-order valence-electron chi connectivity index (χ2n) is 13.5. The van der Waals surface area contributed by atoms with Crippen LogP contribution in [0.2, 0.25) is 0 Å². The van der Waals surface area contributed by atoms with Crippen molar-refractivity contribution in [2.45, 2.75) is 105 Å². The first kappa shape index (κ1) is 29.3. The molecule has 4 saturated carbocycles. The number of ether oxygens (including phenoxy) is 3. The highest BCUT2D eigenvalue weighted by Crippen LogP contribution is 2.84. The first-order valence-corrected chi connectivity index (χ1v) is 15.7. The second-order valence-corrected chi connectivity index (χ2v) is 13.5. The summed E-state index contributed by atoms with van der Waals surface area (Å²) in [7, 11) is 0. The molecule has 0 aromatic carbocycles. The molecule has 4 fully saturated rings. The minimum atomic E-state index is -0.527. The lowest BCUT2D eigenvalue weighted by molar-refractivity contribution is -0.154. The van der Waals surface area contributed by atoms with Gasteiger partial charge in [0.2, 0.25) is 0 Å². The fraction of sp³-hybridized carbons (Fsp3) is 0.788. The van der Waals surface area contributed by atoms with Gasteiger partial charge in [0.15, 0.2) is 11.9 Å². The van der Waals surface area contributed by atoms with E-state index in [2.05, 4.69) is 19.9 Å². The normalized spacial score (nSPS) is 43.2. The van der Waals surface area contributed by atoms with Crippen molar-refractivity contribution >= 4 is 17.7 Å². The molecule has 7 nitrogen and oxygen atoms in total. The van der Waals surface area contributed by atoms with Crippen LogP contribution in [0.15, 0.2) is 23.5 Å². The molecule has 1 heterocycles. The van der Waals surface area contributed by atoms with Gasteiger partial charge in [0.05, 0.1) is 6.61 Å². The van der Waals surface area contributed by atoms with Crippen LogP contribution in [0, 0.1) is 45.8 Å². The highest BCUT2D eigenvalue weighted by Gasteiger charge is 2.78. The Morgan fingerprint density at radius 3 is 2.58 bits per heavy atom. The maximum absolute atomic E-state index is 12.3. The zero-order chi connectivity index (χ0) is 29.0. The number of esters is 2. The van der Waals surface area contributed by atoms with Gasteiger partial charge in [-0.2, -0.15) is 0 Å². The molecule has 2 spiro atoms. The quantitative estimate of drug-likeness (QED) is 0.431. The number of hydrogen-bond donors (Lipinski definition) is 1. The highest BCUT2D eigenvalue weighted by molar-refractivity contribution is 5.91. The molecule has 5 aliphatic carbocycles. The summed E-state index contributed by atoms with van der Waals surface area (Å²) in [4.78, 5) is 36.7. The van der Waals surface area contributed by atoms with Crippen LogP contribution in [0.25, 0.3) is 0 Å². The van der Waals surface area contributed by atoms with Gasteiger partial charge in [-0.1, -0.05) is 33.8 Å². The lowest BCUT2D eigenvalue weighted by atomic mass is 9.50. The van der Waals surface area contributed by atoms with Gasteiger partial charge in [-0.3, -0.25) is 14.4 Å². The summed E-state index contributed by atoms with van der Waals surface area (Å²) >= 11 is 0. The summed E-state index contributed by atoms with van der Waals surface area (Å²) in [6.07, 6.45) is 11.2. The fourth-order valence-corrected chi connectivity index (χ4v) is 10.2. The second kappa shape index (κ2) is 10.6. The predicted molar refractivity (Wildman–Crippen MR) is 152 cm³/mol. The van der Waals surface area contributed by atoms with Crippen LogP contribution in [0.5, 0.6) is 0 Å². The zero-order valence-electron chi connectivity index (χ0n) is 25.3. The van der Waals surface area contributed by atoms with Crippen LogP contribution >= 0.6 is 0 Å². The minimum absolute atomic E-state index is 0.0348. The van der Waals surface area contributed by atoms with E-state index in [9.17, 15) is 14.4 Å². The van der Waals surface area contributed by atoms with Crippen LogP contribution < -0.4 is 5.73 Å². The number of allylic oxidation sites excluding steroid dienone is 2. The largest absolute Gasteiger partial charge is 0.493 e. The maximum Gasteiger partial charge on any atom is 0.303 e. The Labute approximate surface area is 239 Å². The minimum Gasteiger partial charge on any atom is -0.493 e. The van der Waals surface area contributed by atoms with E-state index in [-0.39, 0.29) is 51.9 Å². The van der Waals surface area contributed by atoms with Gasteiger partial charge in [0.1, 0.15) is 11.9 Å². The smallest absolute Gasteiger partial charge is 0.303 e. The number of carbonyl (C=O) groups is 3. The Morgan fingerprint density at radius 2 is 1.90 bits per heavy atom. The lowest BCUT2D eigenvalue weighted by Crippen LogP contribution is -2.48. The molecule has 7 heteroatoms. The molecule has 0 aromatic heterocycles. The fourth-order valence-electron chi connectivity index (χ4n) is 10.2. The van der Waals surface area contributed by atoms with E-state index in [0.29, 0.717) is 49.5 Å². The van der Waals surface area contributed by atoms with Crippen molar-refractivity contribution in [3.63, 3.8) is 0 Å². The third kappa shape index (κ3) is 4.37. The number of fused-ring (bicyclic) bond motifs is 2. The molecule has 6 aliphatic rings. The Balaban J connectivity index is 0.00000158. The third-order valence-electron chi connectivity index (χ3n) is 11.9. The summed E-state index contributed by atoms with van der Waals surface area (Å²) in [5.41, 5.74) is 7.54. The first-order chi connectivity index (χ1) is 19.0. The molecule has 0 aromatic rings. The van der Waals surface area contributed by atoms with Gasteiger partial charge >= 0.3 is 11.9 Å². The average Bonchev–Trinajstić information content (AvgIpc) is 3.31. The molecule has 10 atom stereocenters. The van der Waals surface area contributed by atoms with Gasteiger partial charge in [-0.15, -0.1) is 0 Å². The summed E-state index contributed by atoms with van der Waals surface area (Å²) in [6.45, 7) is 12.3. The van der Waals surface area contributed by atoms with E-state index in [1.807, 2.05) is 19.9 Å². The number of nitrogens with two attached hydrogens (primary N) is 1. The van der Waals surface area contributed by atoms with Crippen LogP contribution in [0.3, 0.4) is 0 Å². The van der Waals surface area contributed by atoms with Crippen molar-refractivity contribution in [1.29, 1.82) is 0 Å². The number of carbonyl (C=O) groups excluding carboxylic acids is 3. The van der Waals surface area contributed by atoms with Crippen LogP contribution in [-0.4, -0.2) is 43.1 Å². The third-order valence-corrected chi connectivity index (χ3v) is 11.9. The first-order valence-electron chi connectivity index (χ1n) is 15.7. The summed E-state index contributed by atoms with van der Waals surface area (Å²) in [5, 5.41) is 0. The van der Waals surface area contributed by atoms with Gasteiger partial charge < -0.3 is 19.9 Å². The van der Waals surface area contributed by atoms with Crippen molar-refractivity contribution < 1.29 is 28.6 Å². The van der Waals surface area contributed by atoms with Gasteiger partial charge in [0, 0.05) is 38.6 Å². The molecule has 10 unspecified atom stereocenters. The van der Waals surface area contributed by atoms with E-state index >= 15 is 0 Å². The van der Waals surface area contributed by atoms with Crippen molar-refractivity contribution in [2.75, 3.05) is 13.2 Å². The topological polar surface area (TPSA) is 105 Å². The van der Waals surface area contributed by atoms with Crippen LogP contribution in [0.1, 0.15) is 92.9 Å². The molecule has 2 N–H and O–H groups in total. The summed E-state index contributed by atoms with van der Waals surface area (Å²) < 4.78 is 18.0. The SMILES string of the molecule is CC.CC(=O)OC(CC1C(OC(C)=O)CC2C3CCC4CC(=O)C=CC45CC35CCC12C)C1=C(CN)C(C)CO1. The molecule has 0 bridgehead atoms. The number of hydrogen-bond acceptors (Lipinski definition) is 7. The Kier molecular flexibility index (Phi) is 7.78. The van der Waals surface area contributed by atoms with E-state index < -0.39 is 6.10 Å². The molecule has 222 valence electrons. The number of ketones is 1. The Hall–Kier alpha value is -2.15. The molecule has 0 amide bonds. The molecular formula is C33H49NO6. The van der Waals surface area contributed by atoms with Gasteiger partial charge in [-0.25, -0.2) is 0 Å². The highest BCUT2D eigenvalue weighted by atomic mass is 16.6. The van der Waals surface area contributed by atoms with E-state index in [1.165, 1.54) is 20.3 Å². The van der Waals surface area contributed by atoms with Crippen molar-refractivity contribution in [3.8, 4) is 0 Å². The van der Waals surface area contributed by atoms with Crippen molar-refractivity contribution in [3.05, 3.63) is 23.5 Å². The molecule has 40 heavy (non-hydrogen) atoms. The van der Waals surface area contributed by atoms with Crippen molar-refractivity contribution in [2.24, 2.45) is 51.6 Å². The predicted octanol–water partition coefficient (Wildman–Crippen LogP) is 5.51. The summed E-state index contributed by atoms with van der Waals surface area (Å²) in [5.74, 6) is 2.11. The van der Waals surface area contributed by atoms with Gasteiger partial charge in [-0.05, 0) is 90.6 Å². The lowest BCUT2D eigenvalue weighted by Gasteiger charge is -2.54. The monoisotopic (exact) mass is 555 g/mol. The maximum atomic E-state index is 12.3. The van der Waals surface area contributed by atoms with Crippen molar-refractivity contribution in [1.82, 2.24) is 0 Å². The average molecular weight is 556 g/mol. The molecular weight excluding hydrogens is 506 g/mol. The summed E-state index contributed by atoms with van der Waals surface area (Å²) in [6, 6.07) is 0. The van der Waals surface area contributed by atoms with Crippen LogP contribution in [0.4, 0.5) is 0 Å². The molecule has 0 radical (unpaired) electrons. The number of rotatable bonds is 6. The molecule has 6 rings (SSSR count). The molecule has 1 aliphatic heterocycles.